The van der Waals surface area contributed by atoms with Gasteiger partial charge in [0.2, 0.25) is 0 Å². The highest BCUT2D eigenvalue weighted by atomic mass is 15.1. The average Bonchev–Trinajstić information content (AvgIpc) is 2.98. The van der Waals surface area contributed by atoms with E-state index in [2.05, 4.69) is 21.3 Å². The molecule has 1 aromatic rings. The van der Waals surface area contributed by atoms with Crippen LogP contribution < -0.4 is 10.2 Å². The number of nitrogens with zero attached hydrogens (tertiary/aromatic N) is 2. The third-order valence-corrected chi connectivity index (χ3v) is 2.95. The van der Waals surface area contributed by atoms with Crippen molar-refractivity contribution in [1.82, 2.24) is 10.3 Å². The summed E-state index contributed by atoms with van der Waals surface area (Å²) in [7, 11) is 6.11. The van der Waals surface area contributed by atoms with Crippen molar-refractivity contribution in [3.05, 3.63) is 23.9 Å². The second-order valence-electron chi connectivity index (χ2n) is 4.10. The van der Waals surface area contributed by atoms with Crippen molar-refractivity contribution < 1.29 is 0 Å². The van der Waals surface area contributed by atoms with Crippen molar-refractivity contribution in [2.24, 2.45) is 0 Å². The first-order valence-electron chi connectivity index (χ1n) is 5.01. The molecule has 14 heavy (non-hydrogen) atoms. The van der Waals surface area contributed by atoms with Crippen molar-refractivity contribution in [3.63, 3.8) is 0 Å². The highest BCUT2D eigenvalue weighted by molar-refractivity contribution is 5.51. The van der Waals surface area contributed by atoms with Crippen LogP contribution in [0.2, 0.25) is 0 Å². The molecule has 1 heterocycles. The Morgan fingerprint density at radius 1 is 1.43 bits per heavy atom. The number of hydrogen-bond donors (Lipinski definition) is 1. The minimum atomic E-state index is 0.202. The molecule has 1 fully saturated rings. The Labute approximate surface area is 85.1 Å². The van der Waals surface area contributed by atoms with E-state index in [1.807, 2.05) is 33.4 Å². The van der Waals surface area contributed by atoms with Crippen LogP contribution in [-0.4, -0.2) is 26.1 Å². The molecule has 0 radical (unpaired) electrons. The molecule has 1 N–H and O–H groups in total. The average molecular weight is 191 g/mol. The number of aromatic nitrogens is 1. The monoisotopic (exact) mass is 191 g/mol. The van der Waals surface area contributed by atoms with Crippen molar-refractivity contribution in [3.8, 4) is 0 Å². The van der Waals surface area contributed by atoms with Crippen molar-refractivity contribution in [2.45, 2.75) is 18.4 Å². The molecule has 0 bridgehead atoms. The van der Waals surface area contributed by atoms with Crippen LogP contribution >= 0.6 is 0 Å². The predicted molar refractivity (Wildman–Crippen MR) is 58.5 cm³/mol. The predicted octanol–water partition coefficient (Wildman–Crippen LogP) is 1.36. The molecule has 1 aliphatic rings. The summed E-state index contributed by atoms with van der Waals surface area (Å²) >= 11 is 0. The molecule has 0 aliphatic heterocycles. The van der Waals surface area contributed by atoms with Gasteiger partial charge in [-0.15, -0.1) is 0 Å². The van der Waals surface area contributed by atoms with Crippen LogP contribution in [0.15, 0.2) is 18.3 Å². The van der Waals surface area contributed by atoms with Crippen molar-refractivity contribution in [2.75, 3.05) is 26.0 Å². The summed E-state index contributed by atoms with van der Waals surface area (Å²) in [5.74, 6) is 1.08. The number of hydrogen-bond acceptors (Lipinski definition) is 3. The van der Waals surface area contributed by atoms with Gasteiger partial charge in [0.15, 0.2) is 0 Å². The van der Waals surface area contributed by atoms with Crippen LogP contribution in [0.1, 0.15) is 18.4 Å². The molecule has 3 heteroatoms. The lowest BCUT2D eigenvalue weighted by Gasteiger charge is -2.21. The second kappa shape index (κ2) is 3.24. The Kier molecular flexibility index (Phi) is 2.19. The van der Waals surface area contributed by atoms with E-state index < -0.39 is 0 Å². The zero-order valence-electron chi connectivity index (χ0n) is 9.04. The Bertz CT molecular complexity index is 329. The maximum absolute atomic E-state index is 4.42. The van der Waals surface area contributed by atoms with Gasteiger partial charge in [0.25, 0.3) is 0 Å². The molecule has 0 spiro atoms. The van der Waals surface area contributed by atoms with E-state index in [9.17, 15) is 0 Å². The van der Waals surface area contributed by atoms with Gasteiger partial charge in [-0.1, -0.05) is 6.07 Å². The molecule has 0 aromatic carbocycles. The van der Waals surface area contributed by atoms with E-state index in [-0.39, 0.29) is 5.54 Å². The van der Waals surface area contributed by atoms with Gasteiger partial charge < -0.3 is 10.2 Å². The lowest BCUT2D eigenvalue weighted by Crippen LogP contribution is -2.27. The number of pyridine rings is 1. The van der Waals surface area contributed by atoms with Gasteiger partial charge in [0, 0.05) is 31.4 Å². The van der Waals surface area contributed by atoms with Crippen LogP contribution in [0.5, 0.6) is 0 Å². The molecule has 0 saturated heterocycles. The van der Waals surface area contributed by atoms with E-state index in [4.69, 9.17) is 0 Å². The first-order chi connectivity index (χ1) is 6.69. The molecule has 3 nitrogen and oxygen atoms in total. The van der Waals surface area contributed by atoms with E-state index in [0.717, 1.165) is 5.82 Å². The molecular formula is C11H17N3. The smallest absolute Gasteiger partial charge is 0.133 e. The van der Waals surface area contributed by atoms with E-state index in [1.165, 1.54) is 18.4 Å². The first kappa shape index (κ1) is 9.46. The van der Waals surface area contributed by atoms with Gasteiger partial charge in [0.05, 0.1) is 0 Å². The Morgan fingerprint density at radius 3 is 2.64 bits per heavy atom. The SMILES string of the molecule is CNC1(c2cccnc2N(C)C)CC1. The summed E-state index contributed by atoms with van der Waals surface area (Å²) in [6.07, 6.45) is 4.29. The maximum atomic E-state index is 4.42. The number of anilines is 1. The quantitative estimate of drug-likeness (QED) is 0.782. The molecule has 76 valence electrons. The molecule has 1 aliphatic carbocycles. The summed E-state index contributed by atoms with van der Waals surface area (Å²) in [5, 5.41) is 3.40. The topological polar surface area (TPSA) is 28.2 Å². The van der Waals surface area contributed by atoms with Gasteiger partial charge in [-0.05, 0) is 26.0 Å². The zero-order valence-corrected chi connectivity index (χ0v) is 9.04. The molecular weight excluding hydrogens is 174 g/mol. The molecule has 0 unspecified atom stereocenters. The van der Waals surface area contributed by atoms with Gasteiger partial charge in [-0.2, -0.15) is 0 Å². The fourth-order valence-corrected chi connectivity index (χ4v) is 1.91. The summed E-state index contributed by atoms with van der Waals surface area (Å²) < 4.78 is 0. The van der Waals surface area contributed by atoms with Crippen molar-refractivity contribution in [1.29, 1.82) is 0 Å². The lowest BCUT2D eigenvalue weighted by atomic mass is 10.1. The Morgan fingerprint density at radius 2 is 2.14 bits per heavy atom. The molecule has 0 amide bonds. The van der Waals surface area contributed by atoms with Crippen LogP contribution in [-0.2, 0) is 5.54 Å². The highest BCUT2D eigenvalue weighted by Gasteiger charge is 2.44. The first-order valence-corrected chi connectivity index (χ1v) is 5.01. The summed E-state index contributed by atoms with van der Waals surface area (Å²) in [6.45, 7) is 0. The van der Waals surface area contributed by atoms with Gasteiger partial charge in [0.1, 0.15) is 5.82 Å². The van der Waals surface area contributed by atoms with Gasteiger partial charge in [-0.3, -0.25) is 0 Å². The minimum absolute atomic E-state index is 0.202. The van der Waals surface area contributed by atoms with Crippen LogP contribution in [0.4, 0.5) is 5.82 Å². The summed E-state index contributed by atoms with van der Waals surface area (Å²) in [6, 6.07) is 4.19. The third-order valence-electron chi connectivity index (χ3n) is 2.95. The Balaban J connectivity index is 2.42. The van der Waals surface area contributed by atoms with Crippen molar-refractivity contribution >= 4 is 5.82 Å². The molecule has 1 aromatic heterocycles. The molecule has 1 saturated carbocycles. The molecule has 0 atom stereocenters. The second-order valence-corrected chi connectivity index (χ2v) is 4.10. The fraction of sp³-hybridized carbons (Fsp3) is 0.545. The molecule has 2 rings (SSSR count). The van der Waals surface area contributed by atoms with E-state index in [1.54, 1.807) is 0 Å². The van der Waals surface area contributed by atoms with Gasteiger partial charge in [-0.25, -0.2) is 4.98 Å². The number of nitrogens with one attached hydrogen (secondary N) is 1. The van der Waals surface area contributed by atoms with Crippen LogP contribution in [0.25, 0.3) is 0 Å². The van der Waals surface area contributed by atoms with Crippen LogP contribution in [0.3, 0.4) is 0 Å². The largest absolute Gasteiger partial charge is 0.362 e. The third kappa shape index (κ3) is 1.38. The standard InChI is InChI=1S/C11H17N3/c1-12-11(6-7-11)9-5-4-8-13-10(9)14(2)3/h4-5,8,12H,6-7H2,1-3H3. The maximum Gasteiger partial charge on any atom is 0.133 e. The number of rotatable bonds is 3. The summed E-state index contributed by atoms with van der Waals surface area (Å²) in [4.78, 5) is 6.49. The fourth-order valence-electron chi connectivity index (χ4n) is 1.91. The van der Waals surface area contributed by atoms with Gasteiger partial charge >= 0.3 is 0 Å². The minimum Gasteiger partial charge on any atom is -0.362 e. The van der Waals surface area contributed by atoms with Crippen LogP contribution in [0, 0.1) is 0 Å². The summed E-state index contributed by atoms with van der Waals surface area (Å²) in [5.41, 5.74) is 1.53. The lowest BCUT2D eigenvalue weighted by molar-refractivity contribution is 0.583. The van der Waals surface area contributed by atoms with E-state index in [0.29, 0.717) is 0 Å². The Hall–Kier alpha value is -1.09. The normalized spacial score (nSPS) is 17.9. The highest BCUT2D eigenvalue weighted by Crippen LogP contribution is 2.47. The van der Waals surface area contributed by atoms with E-state index >= 15 is 0 Å². The zero-order chi connectivity index (χ0) is 10.2.